The molecule has 194 valence electrons. The van der Waals surface area contributed by atoms with Crippen molar-refractivity contribution >= 4 is 56.4 Å². The van der Waals surface area contributed by atoms with Crippen molar-refractivity contribution in [1.82, 2.24) is 0 Å². The Morgan fingerprint density at radius 1 is 0.769 bits per heavy atom. The minimum atomic E-state index is -1.61. The third kappa shape index (κ3) is 3.67. The smallest absolute Gasteiger partial charge is 0.340 e. The number of aromatic hydroxyl groups is 1. The van der Waals surface area contributed by atoms with Crippen LogP contribution in [0.5, 0.6) is 5.75 Å². The van der Waals surface area contributed by atoms with Gasteiger partial charge in [0.05, 0.1) is 32.8 Å². The van der Waals surface area contributed by atoms with Crippen LogP contribution in [0.25, 0.3) is 44.0 Å². The molecule has 0 aliphatic heterocycles. The number of benzene rings is 3. The van der Waals surface area contributed by atoms with Crippen molar-refractivity contribution in [2.24, 2.45) is 0 Å². The summed E-state index contributed by atoms with van der Waals surface area (Å²) < 4.78 is 11.3. The second-order valence-corrected chi connectivity index (χ2v) is 8.69. The topological polar surface area (TPSA) is 189 Å². The molecule has 0 unspecified atom stereocenters. The van der Waals surface area contributed by atoms with E-state index in [-0.39, 0.29) is 55.3 Å². The number of fused-ring (bicyclic) bond motifs is 3. The first-order valence-corrected chi connectivity index (χ1v) is 11.3. The van der Waals surface area contributed by atoms with Gasteiger partial charge in [0.2, 0.25) is 10.9 Å². The molecule has 0 amide bonds. The predicted octanol–water partition coefficient (Wildman–Crippen LogP) is 4.23. The van der Waals surface area contributed by atoms with Crippen molar-refractivity contribution in [2.45, 2.75) is 13.8 Å². The van der Waals surface area contributed by atoms with E-state index in [2.05, 4.69) is 0 Å². The maximum atomic E-state index is 13.6. The second kappa shape index (κ2) is 8.77. The van der Waals surface area contributed by atoms with Gasteiger partial charge in [0.1, 0.15) is 34.3 Å². The fraction of sp³-hybridized carbons (Fsp3) is 0.0714. The highest BCUT2D eigenvalue weighted by molar-refractivity contribution is 6.18. The quantitative estimate of drug-likeness (QED) is 0.219. The maximum absolute atomic E-state index is 13.6. The average molecular weight is 528 g/mol. The molecule has 5 aromatic rings. The molecule has 39 heavy (non-hydrogen) atoms. The van der Waals surface area contributed by atoms with Crippen LogP contribution < -0.4 is 10.9 Å². The van der Waals surface area contributed by atoms with Gasteiger partial charge in [0, 0.05) is 11.1 Å². The van der Waals surface area contributed by atoms with Gasteiger partial charge in [-0.25, -0.2) is 9.59 Å². The minimum absolute atomic E-state index is 0.0447. The summed E-state index contributed by atoms with van der Waals surface area (Å²) in [6.45, 7) is 2.23. The van der Waals surface area contributed by atoms with E-state index in [1.807, 2.05) is 0 Å². The molecule has 2 aromatic heterocycles. The lowest BCUT2D eigenvalue weighted by Crippen LogP contribution is -2.16. The number of ketones is 2. The zero-order chi connectivity index (χ0) is 28.3. The van der Waals surface area contributed by atoms with Crippen LogP contribution in [0.2, 0.25) is 0 Å². The van der Waals surface area contributed by atoms with E-state index in [0.717, 1.165) is 38.3 Å². The van der Waals surface area contributed by atoms with Crippen LogP contribution in [-0.2, 0) is 0 Å². The van der Waals surface area contributed by atoms with Gasteiger partial charge in [-0.3, -0.25) is 19.2 Å². The first kappa shape index (κ1) is 25.1. The molecule has 2 heterocycles. The first-order chi connectivity index (χ1) is 18.4. The van der Waals surface area contributed by atoms with Crippen LogP contribution in [0.1, 0.15) is 55.3 Å². The fourth-order valence-corrected chi connectivity index (χ4v) is 4.70. The molecule has 11 heteroatoms. The van der Waals surface area contributed by atoms with E-state index < -0.39 is 51.1 Å². The molecule has 0 spiro atoms. The number of Topliss-reactive ketones (excluding diaryl/α,β-unsaturated/α-hetero) is 2. The van der Waals surface area contributed by atoms with Gasteiger partial charge in [-0.1, -0.05) is 6.07 Å². The highest BCUT2D eigenvalue weighted by Gasteiger charge is 2.29. The number of carboxylic acid groups (broad SMARTS) is 2. The van der Waals surface area contributed by atoms with Gasteiger partial charge in [-0.2, -0.15) is 0 Å². The summed E-state index contributed by atoms with van der Waals surface area (Å²) in [7, 11) is 0. The van der Waals surface area contributed by atoms with Crippen LogP contribution in [0.15, 0.2) is 61.1 Å². The molecule has 11 nitrogen and oxygen atoms in total. The largest absolute Gasteiger partial charge is 0.507 e. The van der Waals surface area contributed by atoms with Gasteiger partial charge in [0.15, 0.2) is 11.6 Å². The molecule has 0 aliphatic rings. The number of phenols is 1. The Morgan fingerprint density at radius 3 is 2.10 bits per heavy atom. The number of aromatic carboxylic acids is 2. The molecular formula is C28H16O11. The van der Waals surface area contributed by atoms with Crippen LogP contribution >= 0.6 is 0 Å². The van der Waals surface area contributed by atoms with Crippen molar-refractivity contribution in [3.8, 4) is 16.9 Å². The van der Waals surface area contributed by atoms with E-state index in [0.29, 0.717) is 0 Å². The van der Waals surface area contributed by atoms with Gasteiger partial charge in [-0.05, 0) is 44.2 Å². The minimum Gasteiger partial charge on any atom is -0.507 e. The lowest BCUT2D eigenvalue weighted by Gasteiger charge is -2.15. The van der Waals surface area contributed by atoms with Crippen LogP contribution in [0.4, 0.5) is 0 Å². The Hall–Kier alpha value is -5.58. The van der Waals surface area contributed by atoms with Crippen LogP contribution in [-0.4, -0.2) is 38.8 Å². The normalized spacial score (nSPS) is 11.2. The third-order valence-corrected chi connectivity index (χ3v) is 6.36. The van der Waals surface area contributed by atoms with Crippen LogP contribution in [0.3, 0.4) is 0 Å². The summed E-state index contributed by atoms with van der Waals surface area (Å²) in [5.41, 5.74) is -4.71. The Morgan fingerprint density at radius 2 is 1.49 bits per heavy atom. The van der Waals surface area contributed by atoms with Crippen molar-refractivity contribution in [1.29, 1.82) is 0 Å². The number of carbonyl (C=O) groups is 4. The molecule has 0 bridgehead atoms. The Balaban J connectivity index is 2.04. The summed E-state index contributed by atoms with van der Waals surface area (Å²) in [6, 6.07) is 7.17. The lowest BCUT2D eigenvalue weighted by atomic mass is 9.88. The molecular weight excluding hydrogens is 512 g/mol. The molecule has 5 rings (SSSR count). The van der Waals surface area contributed by atoms with E-state index >= 15 is 0 Å². The Bertz CT molecular complexity index is 2080. The standard InChI is InChI=1S/C28H16O11/c1-10(29)13-8-14-24(32)23-18(7-6-16(31)22(23)28(36)37)39-26(14)19(11(2)30)20(13)15-9-38-17-5-3-4-12(27(34)35)21(17)25(15)33/h3-9,31H,1-2H3,(H,34,35)(H,36,37). The molecule has 3 N–H and O–H groups in total. The van der Waals surface area contributed by atoms with Crippen molar-refractivity contribution in [3.05, 3.63) is 85.4 Å². The van der Waals surface area contributed by atoms with E-state index in [1.54, 1.807) is 0 Å². The van der Waals surface area contributed by atoms with Gasteiger partial charge in [0.25, 0.3) is 0 Å². The molecule has 0 fully saturated rings. The molecule has 3 aromatic carbocycles. The summed E-state index contributed by atoms with van der Waals surface area (Å²) >= 11 is 0. The maximum Gasteiger partial charge on any atom is 0.340 e. The van der Waals surface area contributed by atoms with E-state index in [1.165, 1.54) is 18.2 Å². The van der Waals surface area contributed by atoms with Gasteiger partial charge >= 0.3 is 11.9 Å². The van der Waals surface area contributed by atoms with E-state index in [4.69, 9.17) is 8.83 Å². The van der Waals surface area contributed by atoms with E-state index in [9.17, 15) is 44.1 Å². The highest BCUT2D eigenvalue weighted by Crippen LogP contribution is 2.36. The number of carboxylic acids is 2. The van der Waals surface area contributed by atoms with Crippen molar-refractivity contribution < 1.29 is 43.3 Å². The SMILES string of the molecule is CC(=O)c1cc2c(=O)c3c(C(=O)O)c(O)ccc3oc2c(C(C)=O)c1-c1coc2cccc(C(=O)O)c2c1=O. The number of hydrogen-bond donors (Lipinski definition) is 3. The zero-order valence-electron chi connectivity index (χ0n) is 20.1. The second-order valence-electron chi connectivity index (χ2n) is 8.69. The Labute approximate surface area is 216 Å². The highest BCUT2D eigenvalue weighted by atomic mass is 16.4. The number of carbonyl (C=O) groups excluding carboxylic acids is 2. The predicted molar refractivity (Wildman–Crippen MR) is 137 cm³/mol. The van der Waals surface area contributed by atoms with Gasteiger partial charge in [-0.15, -0.1) is 0 Å². The number of hydrogen-bond acceptors (Lipinski definition) is 9. The summed E-state index contributed by atoms with van der Waals surface area (Å²) in [5.74, 6) is -5.10. The molecule has 0 radical (unpaired) electrons. The van der Waals surface area contributed by atoms with Crippen molar-refractivity contribution in [3.63, 3.8) is 0 Å². The molecule has 0 saturated heterocycles. The summed E-state index contributed by atoms with van der Waals surface area (Å²) in [4.78, 5) is 76.6. The summed E-state index contributed by atoms with van der Waals surface area (Å²) in [5, 5.41) is 28.1. The lowest BCUT2D eigenvalue weighted by molar-refractivity contribution is 0.0686. The van der Waals surface area contributed by atoms with Crippen molar-refractivity contribution in [2.75, 3.05) is 0 Å². The fourth-order valence-electron chi connectivity index (χ4n) is 4.70. The first-order valence-electron chi connectivity index (χ1n) is 11.3. The molecule has 0 saturated carbocycles. The zero-order valence-corrected chi connectivity index (χ0v) is 20.1. The van der Waals surface area contributed by atoms with Crippen LogP contribution in [0, 0.1) is 0 Å². The monoisotopic (exact) mass is 528 g/mol. The molecule has 0 atom stereocenters. The molecule has 0 aliphatic carbocycles. The Kier molecular flexibility index (Phi) is 5.64. The average Bonchev–Trinajstić information content (AvgIpc) is 2.87. The van der Waals surface area contributed by atoms with Gasteiger partial charge < -0.3 is 24.2 Å². The number of rotatable bonds is 5. The summed E-state index contributed by atoms with van der Waals surface area (Å²) in [6.07, 6.45) is 0.982. The third-order valence-electron chi connectivity index (χ3n) is 6.36.